The Bertz CT molecular complexity index is 646. The standard InChI is InChI=1S/C13H13FN2OS/c1-13(5-6-13)16-12(17)11-10(15)9-7(14)3-2-4-8(9)18-11/h2-4H,5-6,15H2,1H3,(H,16,17). The van der Waals surface area contributed by atoms with Crippen LogP contribution in [0, 0.1) is 5.82 Å². The molecule has 0 radical (unpaired) electrons. The molecule has 18 heavy (non-hydrogen) atoms. The van der Waals surface area contributed by atoms with E-state index in [4.69, 9.17) is 5.73 Å². The molecule has 1 fully saturated rings. The number of halogens is 1. The summed E-state index contributed by atoms with van der Waals surface area (Å²) in [5.41, 5.74) is 6.04. The highest BCUT2D eigenvalue weighted by Crippen LogP contribution is 2.38. The molecule has 1 aliphatic carbocycles. The van der Waals surface area contributed by atoms with Crippen molar-refractivity contribution in [2.75, 3.05) is 5.73 Å². The number of thiophene rings is 1. The number of carbonyl (C=O) groups is 1. The number of benzene rings is 1. The maximum Gasteiger partial charge on any atom is 0.263 e. The van der Waals surface area contributed by atoms with E-state index in [0.717, 1.165) is 12.8 Å². The second-order valence-electron chi connectivity index (χ2n) is 4.97. The first-order chi connectivity index (χ1) is 8.50. The number of hydrogen-bond donors (Lipinski definition) is 2. The van der Waals surface area contributed by atoms with Crippen LogP contribution in [0.5, 0.6) is 0 Å². The third-order valence-corrected chi connectivity index (χ3v) is 4.49. The van der Waals surface area contributed by atoms with Crippen molar-refractivity contribution in [3.05, 3.63) is 28.9 Å². The van der Waals surface area contributed by atoms with Crippen LogP contribution in [-0.4, -0.2) is 11.4 Å². The molecule has 0 aliphatic heterocycles. The van der Waals surface area contributed by atoms with Gasteiger partial charge in [0.15, 0.2) is 0 Å². The highest BCUT2D eigenvalue weighted by Gasteiger charge is 2.39. The zero-order valence-corrected chi connectivity index (χ0v) is 10.7. The molecule has 1 saturated carbocycles. The topological polar surface area (TPSA) is 55.1 Å². The maximum atomic E-state index is 13.7. The van der Waals surface area contributed by atoms with Crippen LogP contribution in [0.15, 0.2) is 18.2 Å². The van der Waals surface area contributed by atoms with Crippen LogP contribution in [0.25, 0.3) is 10.1 Å². The fraction of sp³-hybridized carbons (Fsp3) is 0.308. The number of amides is 1. The quantitative estimate of drug-likeness (QED) is 0.876. The van der Waals surface area contributed by atoms with Gasteiger partial charge in [0.1, 0.15) is 10.7 Å². The molecule has 5 heteroatoms. The summed E-state index contributed by atoms with van der Waals surface area (Å²) < 4.78 is 14.4. The molecule has 0 spiro atoms. The Morgan fingerprint density at radius 3 is 2.83 bits per heavy atom. The summed E-state index contributed by atoms with van der Waals surface area (Å²) in [6, 6.07) is 4.75. The molecular formula is C13H13FN2OS. The Morgan fingerprint density at radius 2 is 2.22 bits per heavy atom. The van der Waals surface area contributed by atoms with Crippen LogP contribution in [0.4, 0.5) is 10.1 Å². The van der Waals surface area contributed by atoms with Gasteiger partial charge in [-0.25, -0.2) is 4.39 Å². The highest BCUT2D eigenvalue weighted by atomic mass is 32.1. The molecule has 0 saturated heterocycles. The van der Waals surface area contributed by atoms with Crippen LogP contribution in [0.3, 0.4) is 0 Å². The number of anilines is 1. The number of carbonyl (C=O) groups excluding carboxylic acids is 1. The van der Waals surface area contributed by atoms with Crippen LogP contribution in [0.1, 0.15) is 29.4 Å². The monoisotopic (exact) mass is 264 g/mol. The van der Waals surface area contributed by atoms with Crippen LogP contribution >= 0.6 is 11.3 Å². The van der Waals surface area contributed by atoms with Crippen LogP contribution in [-0.2, 0) is 0 Å². The zero-order chi connectivity index (χ0) is 12.9. The average molecular weight is 264 g/mol. The van der Waals surface area contributed by atoms with Crippen molar-refractivity contribution < 1.29 is 9.18 Å². The number of nitrogens with two attached hydrogens (primary N) is 1. The molecule has 1 aromatic heterocycles. The molecule has 0 bridgehead atoms. The Hall–Kier alpha value is -1.62. The van der Waals surface area contributed by atoms with E-state index in [9.17, 15) is 9.18 Å². The summed E-state index contributed by atoms with van der Waals surface area (Å²) in [5, 5.41) is 3.29. The number of rotatable bonds is 2. The normalized spacial score (nSPS) is 16.8. The molecule has 0 atom stereocenters. The second-order valence-corrected chi connectivity index (χ2v) is 6.02. The SMILES string of the molecule is CC1(NC(=O)c2sc3cccc(F)c3c2N)CC1. The highest BCUT2D eigenvalue weighted by molar-refractivity contribution is 7.21. The molecule has 3 nitrogen and oxygen atoms in total. The van der Waals surface area contributed by atoms with E-state index < -0.39 is 0 Å². The van der Waals surface area contributed by atoms with E-state index in [2.05, 4.69) is 5.32 Å². The van der Waals surface area contributed by atoms with Gasteiger partial charge in [0.05, 0.1) is 11.1 Å². The lowest BCUT2D eigenvalue weighted by atomic mass is 10.2. The minimum Gasteiger partial charge on any atom is -0.397 e. The predicted octanol–water partition coefficient (Wildman–Crippen LogP) is 2.90. The minimum absolute atomic E-state index is 0.0990. The van der Waals surface area contributed by atoms with Gasteiger partial charge in [-0.1, -0.05) is 6.07 Å². The van der Waals surface area contributed by atoms with Crippen molar-refractivity contribution in [2.45, 2.75) is 25.3 Å². The molecule has 1 heterocycles. The fourth-order valence-corrected chi connectivity index (χ4v) is 2.97. The van der Waals surface area contributed by atoms with Gasteiger partial charge in [-0.15, -0.1) is 11.3 Å². The summed E-state index contributed by atoms with van der Waals surface area (Å²) in [5.74, 6) is -0.578. The zero-order valence-electron chi connectivity index (χ0n) is 9.92. The van der Waals surface area contributed by atoms with Gasteiger partial charge in [0.2, 0.25) is 0 Å². The predicted molar refractivity (Wildman–Crippen MR) is 71.3 cm³/mol. The van der Waals surface area contributed by atoms with Gasteiger partial charge in [0, 0.05) is 10.2 Å². The lowest BCUT2D eigenvalue weighted by molar-refractivity contribution is 0.0940. The molecule has 1 amide bonds. The van der Waals surface area contributed by atoms with Crippen molar-refractivity contribution >= 4 is 33.0 Å². The average Bonchev–Trinajstić information content (AvgIpc) is 2.91. The summed E-state index contributed by atoms with van der Waals surface area (Å²) in [7, 11) is 0. The molecule has 0 unspecified atom stereocenters. The number of nitrogen functional groups attached to an aromatic ring is 1. The second kappa shape index (κ2) is 3.68. The van der Waals surface area contributed by atoms with Crippen molar-refractivity contribution in [3.63, 3.8) is 0 Å². The molecule has 3 rings (SSSR count). The smallest absolute Gasteiger partial charge is 0.263 e. The first kappa shape index (κ1) is 11.5. The molecular weight excluding hydrogens is 251 g/mol. The summed E-state index contributed by atoms with van der Waals surface area (Å²) >= 11 is 1.24. The number of fused-ring (bicyclic) bond motifs is 1. The Balaban J connectivity index is 2.04. The number of nitrogens with one attached hydrogen (secondary N) is 1. The van der Waals surface area contributed by atoms with E-state index in [0.29, 0.717) is 15.0 Å². The lowest BCUT2D eigenvalue weighted by Gasteiger charge is -2.10. The third kappa shape index (κ3) is 1.75. The van der Waals surface area contributed by atoms with E-state index in [1.807, 2.05) is 6.92 Å². The van der Waals surface area contributed by atoms with Gasteiger partial charge in [-0.05, 0) is 31.9 Å². The summed E-state index contributed by atoms with van der Waals surface area (Å²) in [4.78, 5) is 12.5. The van der Waals surface area contributed by atoms with Gasteiger partial charge >= 0.3 is 0 Å². The van der Waals surface area contributed by atoms with Crippen molar-refractivity contribution in [1.29, 1.82) is 0 Å². The van der Waals surface area contributed by atoms with Gasteiger partial charge < -0.3 is 11.1 Å². The maximum absolute atomic E-state index is 13.7. The van der Waals surface area contributed by atoms with Gasteiger partial charge in [0.25, 0.3) is 5.91 Å². The number of hydrogen-bond acceptors (Lipinski definition) is 3. The third-order valence-electron chi connectivity index (χ3n) is 3.32. The Kier molecular flexibility index (Phi) is 2.35. The van der Waals surface area contributed by atoms with Gasteiger partial charge in [-0.2, -0.15) is 0 Å². The van der Waals surface area contributed by atoms with E-state index in [1.54, 1.807) is 12.1 Å². The van der Waals surface area contributed by atoms with E-state index in [1.165, 1.54) is 17.4 Å². The minimum atomic E-state index is -0.377. The first-order valence-corrected chi connectivity index (χ1v) is 6.61. The Morgan fingerprint density at radius 1 is 1.50 bits per heavy atom. The summed E-state index contributed by atoms with van der Waals surface area (Å²) in [6.07, 6.45) is 1.97. The van der Waals surface area contributed by atoms with E-state index in [-0.39, 0.29) is 23.0 Å². The van der Waals surface area contributed by atoms with Gasteiger partial charge in [-0.3, -0.25) is 4.79 Å². The lowest BCUT2D eigenvalue weighted by Crippen LogP contribution is -2.34. The largest absolute Gasteiger partial charge is 0.397 e. The molecule has 1 aromatic carbocycles. The van der Waals surface area contributed by atoms with Crippen molar-refractivity contribution in [3.8, 4) is 0 Å². The summed E-state index contributed by atoms with van der Waals surface area (Å²) in [6.45, 7) is 2.00. The molecule has 3 N–H and O–H groups in total. The van der Waals surface area contributed by atoms with Crippen LogP contribution < -0.4 is 11.1 Å². The Labute approximate surface area is 108 Å². The van der Waals surface area contributed by atoms with Crippen molar-refractivity contribution in [2.24, 2.45) is 0 Å². The first-order valence-electron chi connectivity index (χ1n) is 5.79. The molecule has 94 valence electrons. The molecule has 1 aliphatic rings. The van der Waals surface area contributed by atoms with Crippen LogP contribution in [0.2, 0.25) is 0 Å². The fourth-order valence-electron chi connectivity index (χ4n) is 1.94. The molecule has 2 aromatic rings. The van der Waals surface area contributed by atoms with E-state index >= 15 is 0 Å². The van der Waals surface area contributed by atoms with Crippen molar-refractivity contribution in [1.82, 2.24) is 5.32 Å².